The van der Waals surface area contributed by atoms with E-state index in [9.17, 15) is 0 Å². The van der Waals surface area contributed by atoms with Crippen LogP contribution >= 0.6 is 34.7 Å². The molecule has 1 aromatic carbocycles. The van der Waals surface area contributed by atoms with Gasteiger partial charge in [-0.25, -0.2) is 9.38 Å². The van der Waals surface area contributed by atoms with Crippen molar-refractivity contribution in [3.05, 3.63) is 51.6 Å². The minimum Gasteiger partial charge on any atom is -0.244 e. The van der Waals surface area contributed by atoms with Gasteiger partial charge in [-0.1, -0.05) is 42.4 Å². The number of aromatic nitrogens is 6. The van der Waals surface area contributed by atoms with E-state index in [2.05, 4.69) is 43.7 Å². The molecule has 0 N–H and O–H groups in total. The highest BCUT2D eigenvalue weighted by Gasteiger charge is 2.26. The summed E-state index contributed by atoms with van der Waals surface area (Å²) in [6.07, 6.45) is 5.06. The summed E-state index contributed by atoms with van der Waals surface area (Å²) in [5.74, 6) is 2.24. The number of hydrogen-bond acceptors (Lipinski definition) is 6. The van der Waals surface area contributed by atoms with Crippen molar-refractivity contribution in [1.29, 1.82) is 0 Å². The first-order valence-electron chi connectivity index (χ1n) is 9.57. The van der Waals surface area contributed by atoms with Gasteiger partial charge in [0.15, 0.2) is 10.8 Å². The number of fused-ring (bicyclic) bond motifs is 8. The summed E-state index contributed by atoms with van der Waals surface area (Å²) in [6.45, 7) is 2.34. The maximum absolute atomic E-state index is 6.01. The van der Waals surface area contributed by atoms with Crippen molar-refractivity contribution in [2.75, 3.05) is 0 Å². The molecule has 29 heavy (non-hydrogen) atoms. The van der Waals surface area contributed by atoms with Crippen LogP contribution in [0.25, 0.3) is 21.6 Å². The molecule has 0 amide bonds. The van der Waals surface area contributed by atoms with Gasteiger partial charge in [0.2, 0.25) is 0 Å². The minimum atomic E-state index is 0.718. The van der Waals surface area contributed by atoms with Crippen LogP contribution in [-0.4, -0.2) is 29.2 Å². The van der Waals surface area contributed by atoms with Gasteiger partial charge >= 0.3 is 0 Å². The predicted octanol–water partition coefficient (Wildman–Crippen LogP) is 5.06. The molecule has 0 fully saturated rings. The van der Waals surface area contributed by atoms with Crippen LogP contribution in [0.5, 0.6) is 0 Å². The quantitative estimate of drug-likeness (QED) is 0.367. The summed E-state index contributed by atoms with van der Waals surface area (Å²) >= 11 is 9.56. The largest absolute Gasteiger partial charge is 0.260 e. The molecule has 0 bridgehead atoms. The third-order valence-electron chi connectivity index (χ3n) is 5.55. The maximum Gasteiger partial charge on any atom is 0.260 e. The van der Waals surface area contributed by atoms with E-state index in [0.29, 0.717) is 0 Å². The predicted molar refractivity (Wildman–Crippen MR) is 117 cm³/mol. The summed E-state index contributed by atoms with van der Waals surface area (Å²) < 4.78 is 3.98. The van der Waals surface area contributed by atoms with Gasteiger partial charge < -0.3 is 0 Å². The van der Waals surface area contributed by atoms with E-state index in [0.717, 1.165) is 46.1 Å². The second-order valence-corrected chi connectivity index (χ2v) is 10.0. The molecule has 4 heterocycles. The molecule has 146 valence electrons. The van der Waals surface area contributed by atoms with Crippen LogP contribution < -0.4 is 0 Å². The van der Waals surface area contributed by atoms with Crippen molar-refractivity contribution in [3.63, 3.8) is 0 Å². The van der Waals surface area contributed by atoms with Gasteiger partial charge in [-0.2, -0.15) is 9.61 Å². The number of halogens is 1. The summed E-state index contributed by atoms with van der Waals surface area (Å²) in [5.41, 5.74) is 3.53. The van der Waals surface area contributed by atoms with Crippen LogP contribution in [0.15, 0.2) is 35.7 Å². The third kappa shape index (κ3) is 2.77. The zero-order valence-electron chi connectivity index (χ0n) is 15.7. The molecule has 1 aliphatic rings. The van der Waals surface area contributed by atoms with Gasteiger partial charge in [-0.3, -0.25) is 0 Å². The van der Waals surface area contributed by atoms with E-state index in [4.69, 9.17) is 11.6 Å². The summed E-state index contributed by atoms with van der Waals surface area (Å²) in [5, 5.41) is 16.2. The lowest BCUT2D eigenvalue weighted by atomic mass is 9.89. The van der Waals surface area contributed by atoms with E-state index in [1.807, 2.05) is 28.0 Å². The Kier molecular flexibility index (Phi) is 4.07. The molecule has 0 aliphatic heterocycles. The van der Waals surface area contributed by atoms with Crippen LogP contribution in [0.2, 0.25) is 5.02 Å². The Morgan fingerprint density at radius 2 is 2.10 bits per heavy atom. The first-order chi connectivity index (χ1) is 14.2. The fourth-order valence-electron chi connectivity index (χ4n) is 4.08. The van der Waals surface area contributed by atoms with Crippen molar-refractivity contribution in [3.8, 4) is 0 Å². The van der Waals surface area contributed by atoms with Crippen LogP contribution in [0.1, 0.15) is 29.3 Å². The standard InChI is InChI=1S/C20H17ClN6S2/c1-11-2-7-14-15(8-11)29-18-16(14)17-22-10-23-27(17)19-24-25-20(26(18)19)28-9-12-3-5-13(21)6-4-12/h3-6,10-11H,2,7-9H2,1H3/t11-/m0/s1. The van der Waals surface area contributed by atoms with E-state index >= 15 is 0 Å². The number of benzene rings is 1. The molecule has 0 unspecified atom stereocenters. The smallest absolute Gasteiger partial charge is 0.244 e. The molecule has 9 heteroatoms. The van der Waals surface area contributed by atoms with Gasteiger partial charge in [-0.05, 0) is 48.4 Å². The zero-order chi connectivity index (χ0) is 19.5. The lowest BCUT2D eigenvalue weighted by Gasteiger charge is -2.17. The normalized spacial score (nSPS) is 16.8. The fraction of sp³-hybridized carbons (Fsp3) is 0.300. The Hall–Kier alpha value is -2.16. The molecule has 1 atom stereocenters. The molecule has 0 saturated heterocycles. The highest BCUT2D eigenvalue weighted by molar-refractivity contribution is 7.98. The average Bonchev–Trinajstić information content (AvgIpc) is 3.42. The molecule has 0 spiro atoms. The minimum absolute atomic E-state index is 0.718. The monoisotopic (exact) mass is 440 g/mol. The van der Waals surface area contributed by atoms with Crippen LogP contribution in [-0.2, 0) is 18.6 Å². The van der Waals surface area contributed by atoms with Crippen molar-refractivity contribution >= 4 is 56.3 Å². The number of hydrogen-bond donors (Lipinski definition) is 0. The fourth-order valence-corrected chi connectivity index (χ4v) is 6.66. The molecule has 0 saturated carbocycles. The van der Waals surface area contributed by atoms with Gasteiger partial charge in [0.1, 0.15) is 11.2 Å². The van der Waals surface area contributed by atoms with E-state index < -0.39 is 0 Å². The number of aryl methyl sites for hydroxylation is 1. The van der Waals surface area contributed by atoms with Gasteiger partial charge in [0.05, 0.1) is 5.39 Å². The van der Waals surface area contributed by atoms with Crippen molar-refractivity contribution in [1.82, 2.24) is 29.2 Å². The lowest BCUT2D eigenvalue weighted by molar-refractivity contribution is 0.509. The number of thiophene rings is 1. The molecule has 5 aromatic rings. The molecular formula is C20H17ClN6S2. The Morgan fingerprint density at radius 3 is 2.97 bits per heavy atom. The maximum atomic E-state index is 6.01. The van der Waals surface area contributed by atoms with Crippen molar-refractivity contribution < 1.29 is 0 Å². The number of nitrogens with zero attached hydrogens (tertiary/aromatic N) is 6. The second-order valence-electron chi connectivity index (χ2n) is 7.56. The molecule has 1 aliphatic carbocycles. The van der Waals surface area contributed by atoms with Crippen molar-refractivity contribution in [2.24, 2.45) is 5.92 Å². The van der Waals surface area contributed by atoms with Crippen LogP contribution in [0, 0.1) is 5.92 Å². The SMILES string of the molecule is C[C@H]1CCc2c(sc3c2c2ncnn2c2nnc(SCc4ccc(Cl)cc4)n32)C1. The highest BCUT2D eigenvalue weighted by Crippen LogP contribution is 2.41. The number of thioether (sulfide) groups is 1. The van der Waals surface area contributed by atoms with E-state index in [1.54, 1.807) is 18.1 Å². The Morgan fingerprint density at radius 1 is 1.24 bits per heavy atom. The van der Waals surface area contributed by atoms with Gasteiger partial charge in [0, 0.05) is 15.7 Å². The summed E-state index contributed by atoms with van der Waals surface area (Å²) in [7, 11) is 0. The molecule has 6 nitrogen and oxygen atoms in total. The summed E-state index contributed by atoms with van der Waals surface area (Å²) in [4.78, 5) is 7.22. The van der Waals surface area contributed by atoms with E-state index in [1.165, 1.54) is 32.6 Å². The van der Waals surface area contributed by atoms with Gasteiger partial charge in [-0.15, -0.1) is 21.5 Å². The van der Waals surface area contributed by atoms with Crippen LogP contribution in [0.4, 0.5) is 0 Å². The van der Waals surface area contributed by atoms with Gasteiger partial charge in [0.25, 0.3) is 5.78 Å². The molecule has 6 rings (SSSR count). The Bertz CT molecular complexity index is 1370. The first kappa shape index (κ1) is 17.7. The molecule has 0 radical (unpaired) electrons. The first-order valence-corrected chi connectivity index (χ1v) is 11.8. The Balaban J connectivity index is 1.54. The topological polar surface area (TPSA) is 60.4 Å². The summed E-state index contributed by atoms with van der Waals surface area (Å²) in [6, 6.07) is 7.94. The molecule has 4 aromatic heterocycles. The highest BCUT2D eigenvalue weighted by atomic mass is 35.5. The average molecular weight is 441 g/mol. The zero-order valence-corrected chi connectivity index (χ0v) is 18.1. The third-order valence-corrected chi connectivity index (χ3v) is 8.05. The second kappa shape index (κ2) is 6.68. The number of rotatable bonds is 3. The van der Waals surface area contributed by atoms with E-state index in [-0.39, 0.29) is 0 Å². The van der Waals surface area contributed by atoms with Crippen molar-refractivity contribution in [2.45, 2.75) is 37.1 Å². The van der Waals surface area contributed by atoms with Crippen LogP contribution in [0.3, 0.4) is 0 Å². The molecular weight excluding hydrogens is 424 g/mol. The Labute approximate surface area is 179 Å². The lowest BCUT2D eigenvalue weighted by Crippen LogP contribution is -2.08.